The molecule has 0 saturated carbocycles. The van der Waals surface area contributed by atoms with Crippen LogP contribution in [0.1, 0.15) is 11.1 Å². The number of fused-ring (bicyclic) bond motifs is 1. The smallest absolute Gasteiger partial charge is 0.224 e. The number of nitrogens with zero attached hydrogens (tertiary/aromatic N) is 5. The molecule has 4 rings (SSSR count). The van der Waals surface area contributed by atoms with Gasteiger partial charge in [-0.1, -0.05) is 12.1 Å². The van der Waals surface area contributed by atoms with E-state index >= 15 is 0 Å². The number of imidazole rings is 1. The molecule has 3 aromatic heterocycles. The third kappa shape index (κ3) is 2.52. The second-order valence-corrected chi connectivity index (χ2v) is 5.45. The summed E-state index contributed by atoms with van der Waals surface area (Å²) in [6, 6.07) is 12.2. The standard InChI is InChI=1S/C17H15N7/c18-15-14-16(23-17(19)22-15)24(10-21-14)13-3-1-11(2-4-13)9-12-5-7-20-8-6-12/h1-8,10H,9H2,(H4,18,19,22,23). The van der Waals surface area contributed by atoms with E-state index in [1.807, 2.05) is 28.8 Å². The van der Waals surface area contributed by atoms with E-state index in [2.05, 4.69) is 32.1 Å². The summed E-state index contributed by atoms with van der Waals surface area (Å²) in [5.41, 5.74) is 16.1. The molecule has 24 heavy (non-hydrogen) atoms. The first-order chi connectivity index (χ1) is 11.7. The molecule has 4 N–H and O–H groups in total. The van der Waals surface area contributed by atoms with Crippen molar-refractivity contribution in [3.05, 3.63) is 66.2 Å². The monoisotopic (exact) mass is 317 g/mol. The molecule has 0 unspecified atom stereocenters. The summed E-state index contributed by atoms with van der Waals surface area (Å²) in [5, 5.41) is 0. The fourth-order valence-electron chi connectivity index (χ4n) is 2.64. The van der Waals surface area contributed by atoms with Gasteiger partial charge in [0.2, 0.25) is 5.95 Å². The van der Waals surface area contributed by atoms with E-state index in [0.29, 0.717) is 11.2 Å². The fraction of sp³-hybridized carbons (Fsp3) is 0.0588. The lowest BCUT2D eigenvalue weighted by Gasteiger charge is -2.06. The maximum atomic E-state index is 5.85. The molecule has 0 fully saturated rings. The zero-order valence-electron chi connectivity index (χ0n) is 12.8. The lowest BCUT2D eigenvalue weighted by atomic mass is 10.1. The molecule has 7 nitrogen and oxygen atoms in total. The normalized spacial score (nSPS) is 11.0. The van der Waals surface area contributed by atoms with E-state index in [-0.39, 0.29) is 11.8 Å². The van der Waals surface area contributed by atoms with Crippen molar-refractivity contribution in [1.29, 1.82) is 0 Å². The quantitative estimate of drug-likeness (QED) is 0.598. The second kappa shape index (κ2) is 5.62. The Labute approximate surface area is 138 Å². The molecule has 0 saturated heterocycles. The van der Waals surface area contributed by atoms with Crippen molar-refractivity contribution in [3.63, 3.8) is 0 Å². The van der Waals surface area contributed by atoms with Crippen LogP contribution in [0.2, 0.25) is 0 Å². The van der Waals surface area contributed by atoms with E-state index in [1.165, 1.54) is 11.1 Å². The minimum Gasteiger partial charge on any atom is -0.382 e. The van der Waals surface area contributed by atoms with Crippen molar-refractivity contribution < 1.29 is 0 Å². The van der Waals surface area contributed by atoms with Crippen molar-refractivity contribution in [3.8, 4) is 5.69 Å². The van der Waals surface area contributed by atoms with Gasteiger partial charge in [-0.15, -0.1) is 0 Å². The molecule has 4 aromatic rings. The Balaban J connectivity index is 1.68. The maximum absolute atomic E-state index is 5.85. The minimum absolute atomic E-state index is 0.135. The summed E-state index contributed by atoms with van der Waals surface area (Å²) < 4.78 is 1.85. The molecule has 0 spiro atoms. The molecular formula is C17H15N7. The number of aromatic nitrogens is 5. The van der Waals surface area contributed by atoms with Crippen LogP contribution < -0.4 is 11.5 Å². The molecule has 0 aliphatic carbocycles. The Kier molecular flexibility index (Phi) is 3.31. The molecule has 3 heterocycles. The van der Waals surface area contributed by atoms with Crippen LogP contribution in [0.15, 0.2) is 55.1 Å². The van der Waals surface area contributed by atoms with Crippen molar-refractivity contribution in [1.82, 2.24) is 24.5 Å². The van der Waals surface area contributed by atoms with Gasteiger partial charge in [-0.3, -0.25) is 9.55 Å². The highest BCUT2D eigenvalue weighted by Crippen LogP contribution is 2.21. The van der Waals surface area contributed by atoms with Gasteiger partial charge < -0.3 is 11.5 Å². The molecule has 118 valence electrons. The second-order valence-electron chi connectivity index (χ2n) is 5.45. The number of pyridine rings is 1. The molecule has 7 heteroatoms. The maximum Gasteiger partial charge on any atom is 0.224 e. The average Bonchev–Trinajstić information content (AvgIpc) is 3.01. The van der Waals surface area contributed by atoms with E-state index in [0.717, 1.165) is 12.1 Å². The predicted molar refractivity (Wildman–Crippen MR) is 92.5 cm³/mol. The van der Waals surface area contributed by atoms with Gasteiger partial charge in [0.15, 0.2) is 17.0 Å². The van der Waals surface area contributed by atoms with E-state index < -0.39 is 0 Å². The van der Waals surface area contributed by atoms with Gasteiger partial charge in [-0.05, 0) is 41.8 Å². The van der Waals surface area contributed by atoms with Crippen LogP contribution in [0, 0.1) is 0 Å². The minimum atomic E-state index is 0.135. The zero-order chi connectivity index (χ0) is 16.5. The van der Waals surface area contributed by atoms with Crippen LogP contribution in [0.25, 0.3) is 16.9 Å². The Morgan fingerprint density at radius 3 is 2.33 bits per heavy atom. The Hall–Kier alpha value is -3.48. The number of hydrogen-bond donors (Lipinski definition) is 2. The van der Waals surface area contributed by atoms with Crippen LogP contribution in [0.3, 0.4) is 0 Å². The van der Waals surface area contributed by atoms with Crippen LogP contribution >= 0.6 is 0 Å². The van der Waals surface area contributed by atoms with E-state index in [9.17, 15) is 0 Å². The van der Waals surface area contributed by atoms with Crippen LogP contribution in [-0.2, 0) is 6.42 Å². The first-order valence-corrected chi connectivity index (χ1v) is 7.45. The van der Waals surface area contributed by atoms with Gasteiger partial charge in [0, 0.05) is 18.1 Å². The van der Waals surface area contributed by atoms with Gasteiger partial charge in [0.25, 0.3) is 0 Å². The predicted octanol–water partition coefficient (Wildman–Crippen LogP) is 1.97. The van der Waals surface area contributed by atoms with Crippen LogP contribution in [0.5, 0.6) is 0 Å². The number of nitrogens with two attached hydrogens (primary N) is 2. The molecule has 0 atom stereocenters. The first-order valence-electron chi connectivity index (χ1n) is 7.45. The average molecular weight is 317 g/mol. The first kappa shape index (κ1) is 14.1. The van der Waals surface area contributed by atoms with Gasteiger partial charge in [0.05, 0.1) is 0 Å². The molecule has 0 aliphatic rings. The Morgan fingerprint density at radius 1 is 0.875 bits per heavy atom. The SMILES string of the molecule is Nc1nc(N)c2ncn(-c3ccc(Cc4ccncc4)cc3)c2n1. The molecular weight excluding hydrogens is 302 g/mol. The largest absolute Gasteiger partial charge is 0.382 e. The number of rotatable bonds is 3. The highest BCUT2D eigenvalue weighted by Gasteiger charge is 2.11. The highest BCUT2D eigenvalue weighted by molar-refractivity contribution is 5.83. The highest BCUT2D eigenvalue weighted by atomic mass is 15.2. The topological polar surface area (TPSA) is 109 Å². The fourth-order valence-corrected chi connectivity index (χ4v) is 2.64. The number of anilines is 2. The van der Waals surface area contributed by atoms with Crippen molar-refractivity contribution in [2.45, 2.75) is 6.42 Å². The summed E-state index contributed by atoms with van der Waals surface area (Å²) >= 11 is 0. The van der Waals surface area contributed by atoms with Crippen LogP contribution in [0.4, 0.5) is 11.8 Å². The third-order valence-corrected chi connectivity index (χ3v) is 3.81. The summed E-state index contributed by atoms with van der Waals surface area (Å²) in [7, 11) is 0. The summed E-state index contributed by atoms with van der Waals surface area (Å²) in [4.78, 5) is 16.5. The molecule has 1 aromatic carbocycles. The summed E-state index contributed by atoms with van der Waals surface area (Å²) in [6.45, 7) is 0. The van der Waals surface area contributed by atoms with E-state index in [4.69, 9.17) is 11.5 Å². The molecule has 0 amide bonds. The molecule has 0 bridgehead atoms. The van der Waals surface area contributed by atoms with Gasteiger partial charge in [-0.25, -0.2) is 4.98 Å². The number of hydrogen-bond acceptors (Lipinski definition) is 6. The Bertz CT molecular complexity index is 991. The number of nitrogen functional groups attached to an aromatic ring is 2. The lowest BCUT2D eigenvalue weighted by Crippen LogP contribution is -2.02. The molecule has 0 radical (unpaired) electrons. The number of benzene rings is 1. The zero-order valence-corrected chi connectivity index (χ0v) is 12.8. The van der Waals surface area contributed by atoms with Crippen molar-refractivity contribution in [2.24, 2.45) is 0 Å². The van der Waals surface area contributed by atoms with Crippen LogP contribution in [-0.4, -0.2) is 24.5 Å². The third-order valence-electron chi connectivity index (χ3n) is 3.81. The summed E-state index contributed by atoms with van der Waals surface area (Å²) in [5.74, 6) is 0.418. The lowest BCUT2D eigenvalue weighted by molar-refractivity contribution is 1.06. The van der Waals surface area contributed by atoms with Gasteiger partial charge in [0.1, 0.15) is 6.33 Å². The Morgan fingerprint density at radius 2 is 1.58 bits per heavy atom. The molecule has 0 aliphatic heterocycles. The van der Waals surface area contributed by atoms with Crippen molar-refractivity contribution in [2.75, 3.05) is 11.5 Å². The summed E-state index contributed by atoms with van der Waals surface area (Å²) in [6.07, 6.45) is 6.13. The van der Waals surface area contributed by atoms with Gasteiger partial charge >= 0.3 is 0 Å². The van der Waals surface area contributed by atoms with Crippen molar-refractivity contribution >= 4 is 22.9 Å². The van der Waals surface area contributed by atoms with E-state index in [1.54, 1.807) is 18.7 Å². The van der Waals surface area contributed by atoms with Gasteiger partial charge in [-0.2, -0.15) is 9.97 Å².